The largest absolute Gasteiger partial charge is 0.493 e. The van der Waals surface area contributed by atoms with Crippen molar-refractivity contribution in [3.05, 3.63) is 59.1 Å². The number of hydrogen-bond donors (Lipinski definition) is 1. The highest BCUT2D eigenvalue weighted by molar-refractivity contribution is 6.00. The molecule has 2 atom stereocenters. The molecule has 2 aromatic carbocycles. The highest BCUT2D eigenvalue weighted by Gasteiger charge is 2.40. The van der Waals surface area contributed by atoms with Crippen LogP contribution in [-0.4, -0.2) is 56.1 Å². The number of ketones is 1. The van der Waals surface area contributed by atoms with E-state index in [1.807, 2.05) is 30.3 Å². The second-order valence-electron chi connectivity index (χ2n) is 8.55. The number of nitrogens with one attached hydrogen (secondary N) is 1. The topological polar surface area (TPSA) is 106 Å². The van der Waals surface area contributed by atoms with Crippen molar-refractivity contribution in [2.75, 3.05) is 40.9 Å². The molecule has 1 aromatic heterocycles. The van der Waals surface area contributed by atoms with Crippen LogP contribution in [0.4, 0.5) is 5.95 Å². The number of carbonyl (C=O) groups excluding carboxylic acids is 1. The third-order valence-electron chi connectivity index (χ3n) is 6.74. The highest BCUT2D eigenvalue weighted by atomic mass is 16.5. The van der Waals surface area contributed by atoms with E-state index in [2.05, 4.69) is 15.4 Å². The molecular weight excluding hydrogens is 464 g/mol. The Balaban J connectivity index is 1.60. The molecule has 0 spiro atoms. The monoisotopic (exact) mass is 492 g/mol. The van der Waals surface area contributed by atoms with E-state index in [-0.39, 0.29) is 11.7 Å². The van der Waals surface area contributed by atoms with E-state index in [1.54, 1.807) is 40.2 Å². The first-order chi connectivity index (χ1) is 17.5. The fraction of sp³-hybridized carbons (Fsp3) is 0.346. The van der Waals surface area contributed by atoms with Crippen LogP contribution in [0.25, 0.3) is 0 Å². The van der Waals surface area contributed by atoms with Crippen LogP contribution in [0.2, 0.25) is 0 Å². The van der Waals surface area contributed by atoms with Gasteiger partial charge in [-0.15, -0.1) is 0 Å². The molecule has 10 nitrogen and oxygen atoms in total. The van der Waals surface area contributed by atoms with Crippen LogP contribution in [0, 0.1) is 0 Å². The molecule has 5 rings (SSSR count). The van der Waals surface area contributed by atoms with Crippen LogP contribution in [0.3, 0.4) is 0 Å². The summed E-state index contributed by atoms with van der Waals surface area (Å²) >= 11 is 0. The summed E-state index contributed by atoms with van der Waals surface area (Å²) in [6, 6.07) is 8.98. The maximum atomic E-state index is 13.7. The van der Waals surface area contributed by atoms with Gasteiger partial charge in [0.15, 0.2) is 28.8 Å². The van der Waals surface area contributed by atoms with Crippen molar-refractivity contribution in [1.82, 2.24) is 14.8 Å². The number of rotatable bonds is 7. The minimum atomic E-state index is -0.494. The van der Waals surface area contributed by atoms with E-state index in [9.17, 15) is 4.79 Å². The molecule has 10 heteroatoms. The Morgan fingerprint density at radius 3 is 2.14 bits per heavy atom. The summed E-state index contributed by atoms with van der Waals surface area (Å²) in [5.41, 5.74) is 3.26. The summed E-state index contributed by atoms with van der Waals surface area (Å²) in [6.45, 7) is 0. The number of Topliss-reactive ketones (excluding diaryl/α,β-unsaturated/α-hetero) is 1. The van der Waals surface area contributed by atoms with Crippen LogP contribution in [0.15, 0.2) is 47.9 Å². The van der Waals surface area contributed by atoms with Gasteiger partial charge < -0.3 is 29.0 Å². The van der Waals surface area contributed by atoms with Crippen molar-refractivity contribution >= 4 is 11.7 Å². The number of benzene rings is 2. The second-order valence-corrected chi connectivity index (χ2v) is 8.55. The first kappa shape index (κ1) is 23.5. The molecule has 1 N–H and O–H groups in total. The van der Waals surface area contributed by atoms with Gasteiger partial charge in [-0.3, -0.25) is 4.79 Å². The number of ether oxygens (including phenoxy) is 5. The first-order valence-electron chi connectivity index (χ1n) is 11.5. The number of nitrogens with zero attached hydrogens (tertiary/aromatic N) is 3. The van der Waals surface area contributed by atoms with E-state index in [4.69, 9.17) is 23.7 Å². The average molecular weight is 493 g/mol. The van der Waals surface area contributed by atoms with Gasteiger partial charge in [0.05, 0.1) is 35.5 Å². The minimum absolute atomic E-state index is 0.0291. The predicted octanol–water partition coefficient (Wildman–Crippen LogP) is 3.74. The number of allylic oxidation sites excluding steroid dienone is 2. The molecule has 0 saturated heterocycles. The van der Waals surface area contributed by atoms with E-state index >= 15 is 0 Å². The van der Waals surface area contributed by atoms with Crippen molar-refractivity contribution in [2.45, 2.75) is 24.8 Å². The van der Waals surface area contributed by atoms with Gasteiger partial charge in [-0.2, -0.15) is 10.1 Å². The highest BCUT2D eigenvalue weighted by Crippen LogP contribution is 2.47. The van der Waals surface area contributed by atoms with Crippen molar-refractivity contribution < 1.29 is 28.5 Å². The van der Waals surface area contributed by atoms with Gasteiger partial charge in [0.25, 0.3) is 0 Å². The molecule has 0 unspecified atom stereocenters. The third-order valence-corrected chi connectivity index (χ3v) is 6.74. The van der Waals surface area contributed by atoms with Crippen LogP contribution in [0.5, 0.6) is 28.7 Å². The third kappa shape index (κ3) is 3.78. The molecule has 3 aromatic rings. The summed E-state index contributed by atoms with van der Waals surface area (Å²) < 4.78 is 29.2. The zero-order valence-corrected chi connectivity index (χ0v) is 20.8. The van der Waals surface area contributed by atoms with Gasteiger partial charge in [0.2, 0.25) is 11.7 Å². The van der Waals surface area contributed by atoms with Crippen LogP contribution < -0.4 is 29.0 Å². The zero-order valence-electron chi connectivity index (χ0n) is 20.8. The molecule has 0 radical (unpaired) electrons. The lowest BCUT2D eigenvalue weighted by Gasteiger charge is -2.35. The molecule has 2 heterocycles. The smallest absolute Gasteiger partial charge is 0.226 e. The maximum Gasteiger partial charge on any atom is 0.226 e. The second kappa shape index (κ2) is 9.44. The average Bonchev–Trinajstić information content (AvgIpc) is 3.38. The number of aromatic nitrogens is 3. The SMILES string of the molecule is COc1ccc([C@@H]2CC(=O)C3=C(C2)Nc2ncnn2[C@H]3c2cc(OC)c(OC)c(OC)c2)cc1OC. The van der Waals surface area contributed by atoms with Crippen LogP contribution >= 0.6 is 0 Å². The molecular formula is C26H28N4O6. The zero-order chi connectivity index (χ0) is 25.4. The summed E-state index contributed by atoms with van der Waals surface area (Å²) in [4.78, 5) is 18.1. The molecule has 2 aliphatic rings. The Hall–Kier alpha value is -4.21. The van der Waals surface area contributed by atoms with Gasteiger partial charge in [-0.05, 0) is 47.7 Å². The Labute approximate surface area is 208 Å². The van der Waals surface area contributed by atoms with Gasteiger partial charge >= 0.3 is 0 Å². The molecule has 0 amide bonds. The van der Waals surface area contributed by atoms with Crippen LogP contribution in [-0.2, 0) is 4.79 Å². The van der Waals surface area contributed by atoms with E-state index in [0.29, 0.717) is 53.1 Å². The summed E-state index contributed by atoms with van der Waals surface area (Å²) in [7, 11) is 7.89. The summed E-state index contributed by atoms with van der Waals surface area (Å²) in [6.07, 6.45) is 2.45. The molecule has 36 heavy (non-hydrogen) atoms. The van der Waals surface area contributed by atoms with E-state index < -0.39 is 6.04 Å². The Morgan fingerprint density at radius 1 is 0.833 bits per heavy atom. The predicted molar refractivity (Wildman–Crippen MR) is 131 cm³/mol. The fourth-order valence-corrected chi connectivity index (χ4v) is 5.06. The Kier molecular flexibility index (Phi) is 6.17. The molecule has 0 saturated carbocycles. The lowest BCUT2D eigenvalue weighted by atomic mass is 9.77. The maximum absolute atomic E-state index is 13.7. The summed E-state index contributed by atoms with van der Waals surface area (Å²) in [5, 5.41) is 7.77. The van der Waals surface area contributed by atoms with E-state index in [1.165, 1.54) is 6.33 Å². The number of fused-ring (bicyclic) bond motifs is 1. The molecule has 0 fully saturated rings. The molecule has 0 bridgehead atoms. The van der Waals surface area contributed by atoms with Crippen molar-refractivity contribution in [3.63, 3.8) is 0 Å². The normalized spacial score (nSPS) is 18.6. The Bertz CT molecular complexity index is 1320. The number of hydrogen-bond acceptors (Lipinski definition) is 9. The first-order valence-corrected chi connectivity index (χ1v) is 11.5. The van der Waals surface area contributed by atoms with Gasteiger partial charge in [0.1, 0.15) is 12.4 Å². The number of methoxy groups -OCH3 is 5. The fourth-order valence-electron chi connectivity index (χ4n) is 5.06. The summed E-state index contributed by atoms with van der Waals surface area (Å²) in [5.74, 6) is 3.33. The number of carbonyl (C=O) groups is 1. The minimum Gasteiger partial charge on any atom is -0.493 e. The number of anilines is 1. The van der Waals surface area contributed by atoms with E-state index in [0.717, 1.165) is 16.8 Å². The molecule has 188 valence electrons. The molecule has 1 aliphatic heterocycles. The lowest BCUT2D eigenvalue weighted by Crippen LogP contribution is -2.33. The van der Waals surface area contributed by atoms with Gasteiger partial charge in [-0.1, -0.05) is 6.07 Å². The Morgan fingerprint density at radius 2 is 1.50 bits per heavy atom. The van der Waals surface area contributed by atoms with Crippen molar-refractivity contribution in [2.24, 2.45) is 0 Å². The van der Waals surface area contributed by atoms with Crippen molar-refractivity contribution in [1.29, 1.82) is 0 Å². The van der Waals surface area contributed by atoms with Crippen LogP contribution in [0.1, 0.15) is 35.9 Å². The standard InChI is InChI=1S/C26H28N4O6/c1-32-19-7-6-14(10-20(19)33-2)15-8-17-23(18(31)9-15)24(30-26(29-17)27-13-28-30)16-11-21(34-3)25(36-5)22(12-16)35-4/h6-7,10-13,15,24H,8-9H2,1-5H3,(H,27,28,29)/t15-,24-/m0/s1. The van der Waals surface area contributed by atoms with Crippen molar-refractivity contribution in [3.8, 4) is 28.7 Å². The quantitative estimate of drug-likeness (QED) is 0.528. The lowest BCUT2D eigenvalue weighted by molar-refractivity contribution is -0.116. The van der Waals surface area contributed by atoms with Gasteiger partial charge in [0, 0.05) is 17.7 Å². The van der Waals surface area contributed by atoms with Gasteiger partial charge in [-0.25, -0.2) is 4.68 Å². The molecule has 1 aliphatic carbocycles.